The highest BCUT2D eigenvalue weighted by Crippen LogP contribution is 2.30. The van der Waals surface area contributed by atoms with Crippen LogP contribution in [0.2, 0.25) is 0 Å². The minimum absolute atomic E-state index is 0.0379. The van der Waals surface area contributed by atoms with Gasteiger partial charge in [0, 0.05) is 11.8 Å². The van der Waals surface area contributed by atoms with Crippen LogP contribution in [0.25, 0.3) is 0 Å². The van der Waals surface area contributed by atoms with Crippen LogP contribution >= 0.6 is 0 Å². The first kappa shape index (κ1) is 18.2. The number of hydrogen-bond acceptors (Lipinski definition) is 2. The van der Waals surface area contributed by atoms with E-state index in [0.29, 0.717) is 13.0 Å². The molecule has 0 aliphatic carbocycles. The summed E-state index contributed by atoms with van der Waals surface area (Å²) < 4.78 is 6.18. The topological polar surface area (TPSA) is 26.3 Å². The molecule has 0 spiro atoms. The van der Waals surface area contributed by atoms with Gasteiger partial charge in [-0.05, 0) is 17.5 Å². The average Bonchev–Trinajstić information content (AvgIpc) is 2.63. The molecule has 2 aromatic carbocycles. The Morgan fingerprint density at radius 3 is 2.21 bits per heavy atom. The van der Waals surface area contributed by atoms with Gasteiger partial charge in [-0.3, -0.25) is 4.79 Å². The van der Waals surface area contributed by atoms with Gasteiger partial charge < -0.3 is 4.74 Å². The molecule has 2 rings (SSSR count). The fraction of sp³-hybridized carbons (Fsp3) is 0.318. The molecule has 2 aromatic rings. The molecule has 2 nitrogen and oxygen atoms in total. The zero-order valence-electron chi connectivity index (χ0n) is 14.5. The van der Waals surface area contributed by atoms with Crippen molar-refractivity contribution >= 4 is 5.78 Å². The first-order chi connectivity index (χ1) is 11.6. The molecule has 2 heteroatoms. The first-order valence-corrected chi connectivity index (χ1v) is 8.48. The van der Waals surface area contributed by atoms with Crippen LogP contribution < -0.4 is 0 Å². The number of rotatable bonds is 9. The van der Waals surface area contributed by atoms with Crippen LogP contribution in [0.4, 0.5) is 0 Å². The second-order valence-electron chi connectivity index (χ2n) is 6.24. The van der Waals surface area contributed by atoms with Crippen LogP contribution in [0.5, 0.6) is 0 Å². The molecule has 0 unspecified atom stereocenters. The van der Waals surface area contributed by atoms with Gasteiger partial charge in [0.1, 0.15) is 5.78 Å². The number of allylic oxidation sites excluding steroid dienone is 1. The van der Waals surface area contributed by atoms with Crippen molar-refractivity contribution in [3.63, 3.8) is 0 Å². The summed E-state index contributed by atoms with van der Waals surface area (Å²) >= 11 is 0. The molecule has 3 atom stereocenters. The molecule has 0 aromatic heterocycles. The molecule has 126 valence electrons. The lowest BCUT2D eigenvalue weighted by atomic mass is 9.86. The second-order valence-corrected chi connectivity index (χ2v) is 6.24. The molecule has 0 aliphatic rings. The van der Waals surface area contributed by atoms with Crippen LogP contribution in [-0.4, -0.2) is 5.78 Å². The lowest BCUT2D eigenvalue weighted by molar-refractivity contribution is -0.131. The van der Waals surface area contributed by atoms with Crippen molar-refractivity contribution in [2.45, 2.75) is 33.0 Å². The number of carbonyl (C=O) groups is 1. The van der Waals surface area contributed by atoms with E-state index in [1.165, 1.54) is 0 Å². The molecule has 0 saturated heterocycles. The molecule has 0 fully saturated rings. The lowest BCUT2D eigenvalue weighted by Crippen LogP contribution is -2.26. The SMILES string of the molecule is C=CC[C@@H](C)C(=O)[C@H](C)[C@H](OCc1ccccc1)c1ccccc1. The molecule has 0 saturated carbocycles. The van der Waals surface area contributed by atoms with Crippen molar-refractivity contribution < 1.29 is 9.53 Å². The van der Waals surface area contributed by atoms with Crippen LogP contribution in [0.3, 0.4) is 0 Å². The Balaban J connectivity index is 2.16. The summed E-state index contributed by atoms with van der Waals surface area (Å²) in [6, 6.07) is 20.1. The number of benzene rings is 2. The fourth-order valence-corrected chi connectivity index (χ4v) is 2.90. The van der Waals surface area contributed by atoms with Gasteiger partial charge in [0.15, 0.2) is 0 Å². The summed E-state index contributed by atoms with van der Waals surface area (Å²) in [5.74, 6) is -0.0214. The van der Waals surface area contributed by atoms with E-state index in [2.05, 4.69) is 6.58 Å². The molecular formula is C22H26O2. The van der Waals surface area contributed by atoms with E-state index in [-0.39, 0.29) is 23.7 Å². The summed E-state index contributed by atoms with van der Waals surface area (Å²) in [5, 5.41) is 0. The predicted molar refractivity (Wildman–Crippen MR) is 98.6 cm³/mol. The maximum atomic E-state index is 12.7. The van der Waals surface area contributed by atoms with E-state index < -0.39 is 0 Å². The highest BCUT2D eigenvalue weighted by molar-refractivity contribution is 5.83. The molecule has 0 amide bonds. The van der Waals surface area contributed by atoms with E-state index in [1.54, 1.807) is 6.08 Å². The van der Waals surface area contributed by atoms with Gasteiger partial charge in [-0.15, -0.1) is 6.58 Å². The fourth-order valence-electron chi connectivity index (χ4n) is 2.90. The van der Waals surface area contributed by atoms with Crippen LogP contribution in [0.15, 0.2) is 73.3 Å². The van der Waals surface area contributed by atoms with Gasteiger partial charge in [-0.25, -0.2) is 0 Å². The molecule has 0 heterocycles. The van der Waals surface area contributed by atoms with E-state index in [1.807, 2.05) is 74.5 Å². The van der Waals surface area contributed by atoms with Crippen LogP contribution in [0.1, 0.15) is 37.5 Å². The Labute approximate surface area is 145 Å². The quantitative estimate of drug-likeness (QED) is 0.581. The summed E-state index contributed by atoms with van der Waals surface area (Å²) in [6.45, 7) is 8.15. The van der Waals surface area contributed by atoms with Crippen LogP contribution in [0, 0.1) is 11.8 Å². The summed E-state index contributed by atoms with van der Waals surface area (Å²) in [5.41, 5.74) is 2.15. The van der Waals surface area contributed by atoms with E-state index >= 15 is 0 Å². The summed E-state index contributed by atoms with van der Waals surface area (Å²) in [7, 11) is 0. The third kappa shape index (κ3) is 4.90. The monoisotopic (exact) mass is 322 g/mol. The normalized spacial score (nSPS) is 14.6. The van der Waals surface area contributed by atoms with Gasteiger partial charge in [0.05, 0.1) is 12.7 Å². The van der Waals surface area contributed by atoms with Gasteiger partial charge >= 0.3 is 0 Å². The maximum Gasteiger partial charge on any atom is 0.141 e. The zero-order chi connectivity index (χ0) is 17.4. The van der Waals surface area contributed by atoms with Crippen LogP contribution in [-0.2, 0) is 16.1 Å². The van der Waals surface area contributed by atoms with Crippen molar-refractivity contribution in [1.29, 1.82) is 0 Å². The minimum atomic E-state index is -0.244. The first-order valence-electron chi connectivity index (χ1n) is 8.48. The summed E-state index contributed by atoms with van der Waals surface area (Å²) in [4.78, 5) is 12.7. The van der Waals surface area contributed by atoms with Crippen molar-refractivity contribution in [2.75, 3.05) is 0 Å². The maximum absolute atomic E-state index is 12.7. The third-order valence-electron chi connectivity index (χ3n) is 4.31. The lowest BCUT2D eigenvalue weighted by Gasteiger charge is -2.26. The molecule has 24 heavy (non-hydrogen) atoms. The number of ketones is 1. The Kier molecular flexibility index (Phi) is 6.95. The number of hydrogen-bond donors (Lipinski definition) is 0. The van der Waals surface area contributed by atoms with Gasteiger partial charge in [0.2, 0.25) is 0 Å². The number of ether oxygens (including phenoxy) is 1. The zero-order valence-corrected chi connectivity index (χ0v) is 14.5. The van der Waals surface area contributed by atoms with Gasteiger partial charge in [-0.2, -0.15) is 0 Å². The molecule has 0 bridgehead atoms. The molecule has 0 aliphatic heterocycles. The van der Waals surface area contributed by atoms with E-state index in [9.17, 15) is 4.79 Å². The highest BCUT2D eigenvalue weighted by Gasteiger charge is 2.29. The standard InChI is InChI=1S/C22H26O2/c1-4-11-17(2)21(23)18(3)22(20-14-9-6-10-15-20)24-16-19-12-7-5-8-13-19/h4-10,12-15,17-18,22H,1,11,16H2,2-3H3/t17-,18+,22+/m1/s1. The van der Waals surface area contributed by atoms with Crippen molar-refractivity contribution in [3.05, 3.63) is 84.4 Å². The van der Waals surface area contributed by atoms with Gasteiger partial charge in [-0.1, -0.05) is 80.6 Å². The Morgan fingerprint density at radius 2 is 1.62 bits per heavy atom. The number of Topliss-reactive ketones (excluding diaryl/α,β-unsaturated/α-hetero) is 1. The molecule has 0 radical (unpaired) electrons. The smallest absolute Gasteiger partial charge is 0.141 e. The minimum Gasteiger partial charge on any atom is -0.368 e. The van der Waals surface area contributed by atoms with E-state index in [0.717, 1.165) is 11.1 Å². The third-order valence-corrected chi connectivity index (χ3v) is 4.31. The van der Waals surface area contributed by atoms with Gasteiger partial charge in [0.25, 0.3) is 0 Å². The predicted octanol–water partition coefficient (Wildman–Crippen LogP) is 5.36. The largest absolute Gasteiger partial charge is 0.368 e. The summed E-state index contributed by atoms with van der Waals surface area (Å²) in [6.07, 6.45) is 2.26. The Bertz CT molecular complexity index is 634. The van der Waals surface area contributed by atoms with Crippen molar-refractivity contribution in [1.82, 2.24) is 0 Å². The highest BCUT2D eigenvalue weighted by atomic mass is 16.5. The molecular weight excluding hydrogens is 296 g/mol. The van der Waals surface area contributed by atoms with Crippen molar-refractivity contribution in [3.8, 4) is 0 Å². The van der Waals surface area contributed by atoms with Crippen molar-refractivity contribution in [2.24, 2.45) is 11.8 Å². The number of carbonyl (C=O) groups excluding carboxylic acids is 1. The Hall–Kier alpha value is -2.19. The van der Waals surface area contributed by atoms with E-state index in [4.69, 9.17) is 4.74 Å². The average molecular weight is 322 g/mol. The second kappa shape index (κ2) is 9.19. The molecule has 0 N–H and O–H groups in total. The Morgan fingerprint density at radius 1 is 1.04 bits per heavy atom.